The minimum atomic E-state index is -1.01. The Morgan fingerprint density at radius 3 is 2.46 bits per heavy atom. The molecule has 126 valence electrons. The van der Waals surface area contributed by atoms with Crippen LogP contribution in [0.2, 0.25) is 0 Å². The molecule has 1 amide bonds. The predicted octanol–water partition coefficient (Wildman–Crippen LogP) is 2.04. The molecule has 5 heteroatoms. The van der Waals surface area contributed by atoms with Crippen molar-refractivity contribution in [1.82, 2.24) is 10.3 Å². The Morgan fingerprint density at radius 2 is 1.83 bits per heavy atom. The van der Waals surface area contributed by atoms with Crippen LogP contribution in [0.5, 0.6) is 0 Å². The number of rotatable bonds is 4. The fraction of sp³-hybridized carbons (Fsp3) is 0.368. The van der Waals surface area contributed by atoms with Gasteiger partial charge in [-0.1, -0.05) is 36.4 Å². The van der Waals surface area contributed by atoms with Crippen molar-refractivity contribution >= 4 is 11.7 Å². The Morgan fingerprint density at radius 1 is 1.17 bits per heavy atom. The summed E-state index contributed by atoms with van der Waals surface area (Å²) in [4.78, 5) is 19.3. The molecular weight excluding hydrogens is 300 g/mol. The van der Waals surface area contributed by atoms with Gasteiger partial charge in [0, 0.05) is 25.3 Å². The summed E-state index contributed by atoms with van der Waals surface area (Å²) in [7, 11) is 0. The minimum absolute atomic E-state index is 0.120. The van der Waals surface area contributed by atoms with E-state index in [4.69, 9.17) is 5.73 Å². The fourth-order valence-electron chi connectivity index (χ4n) is 3.04. The average Bonchev–Trinajstić information content (AvgIpc) is 2.64. The molecule has 2 heterocycles. The number of nitrogens with two attached hydrogens (primary N) is 1. The SMILES string of the molecule is CC(N)(C(=O)NC1CCN(c2ccccn2)CC1)c1ccccc1. The molecule has 3 N–H and O–H groups in total. The van der Waals surface area contributed by atoms with Gasteiger partial charge in [0.25, 0.3) is 0 Å². The first kappa shape index (κ1) is 16.5. The summed E-state index contributed by atoms with van der Waals surface area (Å²) in [6, 6.07) is 15.6. The summed E-state index contributed by atoms with van der Waals surface area (Å²) < 4.78 is 0. The zero-order valence-electron chi connectivity index (χ0n) is 14.0. The van der Waals surface area contributed by atoms with Gasteiger partial charge in [0.15, 0.2) is 0 Å². The number of benzene rings is 1. The highest BCUT2D eigenvalue weighted by Gasteiger charge is 2.32. The fourth-order valence-corrected chi connectivity index (χ4v) is 3.04. The number of pyridine rings is 1. The van der Waals surface area contributed by atoms with E-state index < -0.39 is 5.54 Å². The van der Waals surface area contributed by atoms with Crippen LogP contribution in [0.1, 0.15) is 25.3 Å². The molecule has 1 aromatic heterocycles. The number of amides is 1. The molecule has 3 rings (SSSR count). The summed E-state index contributed by atoms with van der Waals surface area (Å²) in [5.74, 6) is 0.875. The molecule has 1 fully saturated rings. The van der Waals surface area contributed by atoms with Crippen LogP contribution in [0.4, 0.5) is 5.82 Å². The van der Waals surface area contributed by atoms with Gasteiger partial charge in [0.05, 0.1) is 0 Å². The number of hydrogen-bond donors (Lipinski definition) is 2. The van der Waals surface area contributed by atoms with Crippen molar-refractivity contribution in [1.29, 1.82) is 0 Å². The number of carbonyl (C=O) groups excluding carboxylic acids is 1. The molecule has 0 bridgehead atoms. The minimum Gasteiger partial charge on any atom is -0.356 e. The third-order valence-corrected chi connectivity index (χ3v) is 4.65. The number of aromatic nitrogens is 1. The summed E-state index contributed by atoms with van der Waals surface area (Å²) >= 11 is 0. The first-order valence-electron chi connectivity index (χ1n) is 8.39. The van der Waals surface area contributed by atoms with Crippen LogP contribution in [0, 0.1) is 0 Å². The Hall–Kier alpha value is -2.40. The Balaban J connectivity index is 1.57. The highest BCUT2D eigenvalue weighted by atomic mass is 16.2. The molecule has 24 heavy (non-hydrogen) atoms. The van der Waals surface area contributed by atoms with Gasteiger partial charge in [-0.05, 0) is 37.5 Å². The normalized spacial score (nSPS) is 18.0. The number of nitrogens with zero attached hydrogens (tertiary/aromatic N) is 2. The lowest BCUT2D eigenvalue weighted by Gasteiger charge is -2.35. The van der Waals surface area contributed by atoms with E-state index in [-0.39, 0.29) is 11.9 Å². The zero-order chi connectivity index (χ0) is 17.0. The first-order valence-corrected chi connectivity index (χ1v) is 8.39. The van der Waals surface area contributed by atoms with Crippen LogP contribution in [0.15, 0.2) is 54.7 Å². The monoisotopic (exact) mass is 324 g/mol. The maximum Gasteiger partial charge on any atom is 0.244 e. The third kappa shape index (κ3) is 3.57. The standard InChI is InChI=1S/C19H24N4O/c1-19(20,15-7-3-2-4-8-15)18(24)22-16-10-13-23(14-11-16)17-9-5-6-12-21-17/h2-9,12,16H,10-11,13-14,20H2,1H3,(H,22,24). The molecule has 1 unspecified atom stereocenters. The Bertz CT molecular complexity index is 664. The molecule has 0 spiro atoms. The summed E-state index contributed by atoms with van der Waals surface area (Å²) in [6.45, 7) is 3.53. The molecule has 0 aliphatic carbocycles. The number of nitrogens with one attached hydrogen (secondary N) is 1. The molecule has 1 saturated heterocycles. The number of carbonyl (C=O) groups is 1. The second kappa shape index (κ2) is 7.01. The molecule has 1 aliphatic rings. The van der Waals surface area contributed by atoms with Crippen LogP contribution >= 0.6 is 0 Å². The van der Waals surface area contributed by atoms with Gasteiger partial charge in [0.1, 0.15) is 11.4 Å². The van der Waals surface area contributed by atoms with E-state index in [0.29, 0.717) is 0 Å². The molecule has 1 aliphatic heterocycles. The van der Waals surface area contributed by atoms with Crippen molar-refractivity contribution in [3.8, 4) is 0 Å². The van der Waals surface area contributed by atoms with E-state index in [1.165, 1.54) is 0 Å². The van der Waals surface area contributed by atoms with Crippen molar-refractivity contribution in [3.05, 3.63) is 60.3 Å². The maximum atomic E-state index is 12.6. The third-order valence-electron chi connectivity index (χ3n) is 4.65. The summed E-state index contributed by atoms with van der Waals surface area (Å²) in [5, 5.41) is 3.12. The molecule has 0 saturated carbocycles. The van der Waals surface area contributed by atoms with Crippen LogP contribution < -0.4 is 16.0 Å². The van der Waals surface area contributed by atoms with Crippen molar-refractivity contribution in [2.45, 2.75) is 31.3 Å². The van der Waals surface area contributed by atoms with Crippen LogP contribution in [0.25, 0.3) is 0 Å². The Labute approximate surface area is 142 Å². The average molecular weight is 324 g/mol. The van der Waals surface area contributed by atoms with Crippen molar-refractivity contribution < 1.29 is 4.79 Å². The van der Waals surface area contributed by atoms with Gasteiger partial charge in [-0.15, -0.1) is 0 Å². The van der Waals surface area contributed by atoms with Crippen LogP contribution in [-0.2, 0) is 10.3 Å². The maximum absolute atomic E-state index is 12.6. The van der Waals surface area contributed by atoms with Crippen LogP contribution in [-0.4, -0.2) is 30.0 Å². The Kier molecular flexibility index (Phi) is 4.81. The molecule has 2 aromatic rings. The summed E-state index contributed by atoms with van der Waals surface area (Å²) in [5.41, 5.74) is 6.10. The van der Waals surface area contributed by atoms with Gasteiger partial charge in [-0.2, -0.15) is 0 Å². The topological polar surface area (TPSA) is 71.2 Å². The second-order valence-electron chi connectivity index (χ2n) is 6.49. The lowest BCUT2D eigenvalue weighted by atomic mass is 9.91. The van der Waals surface area contributed by atoms with Crippen molar-refractivity contribution in [2.75, 3.05) is 18.0 Å². The van der Waals surface area contributed by atoms with Gasteiger partial charge in [-0.25, -0.2) is 4.98 Å². The first-order chi connectivity index (χ1) is 11.6. The van der Waals surface area contributed by atoms with Crippen molar-refractivity contribution in [3.63, 3.8) is 0 Å². The quantitative estimate of drug-likeness (QED) is 0.903. The molecule has 5 nitrogen and oxygen atoms in total. The zero-order valence-corrected chi connectivity index (χ0v) is 14.0. The van der Waals surface area contributed by atoms with Gasteiger partial charge >= 0.3 is 0 Å². The van der Waals surface area contributed by atoms with Gasteiger partial charge in [-0.3, -0.25) is 4.79 Å². The largest absolute Gasteiger partial charge is 0.356 e. The van der Waals surface area contributed by atoms with E-state index in [2.05, 4.69) is 15.2 Å². The van der Waals surface area contributed by atoms with Crippen molar-refractivity contribution in [2.24, 2.45) is 5.73 Å². The number of hydrogen-bond acceptors (Lipinski definition) is 4. The van der Waals surface area contributed by atoms with E-state index in [1.54, 1.807) is 6.92 Å². The lowest BCUT2D eigenvalue weighted by molar-refractivity contribution is -0.127. The van der Waals surface area contributed by atoms with E-state index in [1.807, 2.05) is 54.7 Å². The van der Waals surface area contributed by atoms with E-state index in [0.717, 1.165) is 37.3 Å². The molecule has 0 radical (unpaired) electrons. The van der Waals surface area contributed by atoms with Crippen LogP contribution in [0.3, 0.4) is 0 Å². The second-order valence-corrected chi connectivity index (χ2v) is 6.49. The predicted molar refractivity (Wildman–Crippen MR) is 95.6 cm³/mol. The van der Waals surface area contributed by atoms with E-state index >= 15 is 0 Å². The molecular formula is C19H24N4O. The summed E-state index contributed by atoms with van der Waals surface area (Å²) in [6.07, 6.45) is 3.60. The molecule has 1 aromatic carbocycles. The number of piperidine rings is 1. The van der Waals surface area contributed by atoms with Gasteiger partial charge < -0.3 is 16.0 Å². The smallest absolute Gasteiger partial charge is 0.244 e. The molecule has 1 atom stereocenters. The highest BCUT2D eigenvalue weighted by Crippen LogP contribution is 2.20. The highest BCUT2D eigenvalue weighted by molar-refractivity contribution is 5.87. The van der Waals surface area contributed by atoms with E-state index in [9.17, 15) is 4.79 Å². The lowest BCUT2D eigenvalue weighted by Crippen LogP contribution is -2.54. The number of anilines is 1. The van der Waals surface area contributed by atoms with Gasteiger partial charge in [0.2, 0.25) is 5.91 Å².